The molecule has 1 aliphatic rings. The van der Waals surface area contributed by atoms with Gasteiger partial charge in [-0.15, -0.1) is 0 Å². The lowest BCUT2D eigenvalue weighted by Crippen LogP contribution is -2.31. The predicted octanol–water partition coefficient (Wildman–Crippen LogP) is 2.16. The molecule has 7 heteroatoms. The van der Waals surface area contributed by atoms with E-state index in [9.17, 15) is 18.3 Å². The molecule has 0 spiro atoms. The van der Waals surface area contributed by atoms with Crippen molar-refractivity contribution in [3.05, 3.63) is 65.2 Å². The van der Waals surface area contributed by atoms with Crippen molar-refractivity contribution in [1.82, 2.24) is 4.72 Å². The zero-order valence-electron chi connectivity index (χ0n) is 13.4. The van der Waals surface area contributed by atoms with E-state index in [4.69, 9.17) is 5.11 Å². The molecule has 0 aromatic heterocycles. The molecule has 0 heterocycles. The Morgan fingerprint density at radius 3 is 2.56 bits per heavy atom. The van der Waals surface area contributed by atoms with E-state index in [1.807, 2.05) is 0 Å². The maximum absolute atomic E-state index is 12.5. The van der Waals surface area contributed by atoms with Crippen molar-refractivity contribution in [3.63, 3.8) is 0 Å². The van der Waals surface area contributed by atoms with Gasteiger partial charge in [-0.25, -0.2) is 17.9 Å². The Labute approximate surface area is 146 Å². The number of carboxylic acid groups (broad SMARTS) is 1. The molecule has 1 aliphatic carbocycles. The molecule has 2 atom stereocenters. The molecule has 6 nitrogen and oxygen atoms in total. The lowest BCUT2D eigenvalue weighted by molar-refractivity contribution is -0.146. The summed E-state index contributed by atoms with van der Waals surface area (Å²) in [5, 5.41) is 18.6. The number of aliphatic hydroxyl groups excluding tert-OH is 1. The number of benzene rings is 2. The standard InChI is InChI=1S/C18H19NO5S/c20-17(18(21)22)13-9-10-15-12(11-13)5-4-8-16(15)19-25(23,24)14-6-2-1-3-7-14/h1-3,6-7,9-11,16-17,19-20H,4-5,8H2,(H,21,22). The fraction of sp³-hybridized carbons (Fsp3) is 0.278. The molecule has 0 radical (unpaired) electrons. The molecule has 132 valence electrons. The summed E-state index contributed by atoms with van der Waals surface area (Å²) in [6, 6.07) is 12.7. The molecule has 3 rings (SSSR count). The van der Waals surface area contributed by atoms with Gasteiger partial charge in [-0.05, 0) is 48.1 Å². The van der Waals surface area contributed by atoms with Crippen molar-refractivity contribution in [2.24, 2.45) is 0 Å². The number of sulfonamides is 1. The Morgan fingerprint density at radius 1 is 1.16 bits per heavy atom. The molecular formula is C18H19NO5S. The van der Waals surface area contributed by atoms with Crippen molar-refractivity contribution in [3.8, 4) is 0 Å². The number of rotatable bonds is 5. The topological polar surface area (TPSA) is 104 Å². The van der Waals surface area contributed by atoms with Gasteiger partial charge >= 0.3 is 5.97 Å². The molecule has 0 amide bonds. The minimum Gasteiger partial charge on any atom is -0.479 e. The van der Waals surface area contributed by atoms with Gasteiger partial charge in [0.05, 0.1) is 4.90 Å². The van der Waals surface area contributed by atoms with Crippen LogP contribution in [0.5, 0.6) is 0 Å². The Bertz CT molecular complexity index is 880. The zero-order chi connectivity index (χ0) is 18.0. The van der Waals surface area contributed by atoms with E-state index in [0.29, 0.717) is 12.0 Å². The van der Waals surface area contributed by atoms with Gasteiger partial charge in [0.15, 0.2) is 6.10 Å². The molecule has 0 saturated heterocycles. The monoisotopic (exact) mass is 361 g/mol. The van der Waals surface area contributed by atoms with Crippen LogP contribution in [0.4, 0.5) is 0 Å². The first kappa shape index (κ1) is 17.6. The van der Waals surface area contributed by atoms with Gasteiger partial charge in [0.25, 0.3) is 0 Å². The largest absolute Gasteiger partial charge is 0.479 e. The number of hydrogen-bond acceptors (Lipinski definition) is 4. The van der Waals surface area contributed by atoms with Crippen LogP contribution in [-0.4, -0.2) is 24.6 Å². The summed E-state index contributed by atoms with van der Waals surface area (Å²) in [4.78, 5) is 11.1. The second-order valence-electron chi connectivity index (χ2n) is 6.08. The van der Waals surface area contributed by atoms with Gasteiger partial charge in [0, 0.05) is 6.04 Å². The Morgan fingerprint density at radius 2 is 1.88 bits per heavy atom. The number of nitrogens with one attached hydrogen (secondary N) is 1. The molecule has 2 aromatic rings. The van der Waals surface area contributed by atoms with E-state index in [1.165, 1.54) is 6.07 Å². The highest BCUT2D eigenvalue weighted by Crippen LogP contribution is 2.32. The van der Waals surface area contributed by atoms with E-state index < -0.39 is 22.1 Å². The maximum Gasteiger partial charge on any atom is 0.337 e. The van der Waals surface area contributed by atoms with Gasteiger partial charge in [-0.3, -0.25) is 0 Å². The number of aliphatic hydroxyl groups is 1. The fourth-order valence-corrected chi connectivity index (χ4v) is 4.40. The molecule has 3 N–H and O–H groups in total. The normalized spacial score (nSPS) is 18.4. The lowest BCUT2D eigenvalue weighted by atomic mass is 9.86. The molecule has 2 aromatic carbocycles. The van der Waals surface area contributed by atoms with Crippen molar-refractivity contribution < 1.29 is 23.4 Å². The fourth-order valence-electron chi connectivity index (χ4n) is 3.12. The number of hydrogen-bond donors (Lipinski definition) is 3. The first-order valence-electron chi connectivity index (χ1n) is 7.99. The number of aliphatic carboxylic acids is 1. The van der Waals surface area contributed by atoms with E-state index in [2.05, 4.69) is 4.72 Å². The molecule has 0 saturated carbocycles. The molecule has 25 heavy (non-hydrogen) atoms. The SMILES string of the molecule is O=C(O)C(O)c1ccc2c(c1)CCCC2NS(=O)(=O)c1ccccc1. The number of fused-ring (bicyclic) bond motifs is 1. The summed E-state index contributed by atoms with van der Waals surface area (Å²) in [5.74, 6) is -1.31. The molecule has 0 aliphatic heterocycles. The van der Waals surface area contributed by atoms with Crippen LogP contribution >= 0.6 is 0 Å². The summed E-state index contributed by atoms with van der Waals surface area (Å²) >= 11 is 0. The highest BCUT2D eigenvalue weighted by molar-refractivity contribution is 7.89. The van der Waals surface area contributed by atoms with Crippen LogP contribution in [0.2, 0.25) is 0 Å². The molecule has 0 bridgehead atoms. The maximum atomic E-state index is 12.5. The van der Waals surface area contributed by atoms with Crippen LogP contribution in [-0.2, 0) is 21.2 Å². The summed E-state index contributed by atoms with van der Waals surface area (Å²) in [6.45, 7) is 0. The number of carboxylic acids is 1. The van der Waals surface area contributed by atoms with Gasteiger partial charge in [-0.1, -0.05) is 36.4 Å². The Hall–Kier alpha value is -2.22. The molecule has 2 unspecified atom stereocenters. The second kappa shape index (κ2) is 6.95. The quantitative estimate of drug-likeness (QED) is 0.757. The summed E-state index contributed by atoms with van der Waals surface area (Å²) in [7, 11) is -3.64. The van der Waals surface area contributed by atoms with Crippen LogP contribution in [0, 0.1) is 0 Å². The predicted molar refractivity (Wildman–Crippen MR) is 91.5 cm³/mol. The van der Waals surface area contributed by atoms with Gasteiger partial charge < -0.3 is 10.2 Å². The third-order valence-electron chi connectivity index (χ3n) is 4.38. The van der Waals surface area contributed by atoms with Crippen LogP contribution in [0.25, 0.3) is 0 Å². The van der Waals surface area contributed by atoms with Crippen LogP contribution in [0.1, 0.15) is 41.7 Å². The lowest BCUT2D eigenvalue weighted by Gasteiger charge is -2.27. The van der Waals surface area contributed by atoms with Gasteiger partial charge in [0.1, 0.15) is 0 Å². The van der Waals surface area contributed by atoms with Crippen molar-refractivity contribution in [2.45, 2.75) is 36.3 Å². The number of carbonyl (C=O) groups is 1. The second-order valence-corrected chi connectivity index (χ2v) is 7.79. The molecular weight excluding hydrogens is 342 g/mol. The Balaban J connectivity index is 1.88. The van der Waals surface area contributed by atoms with Gasteiger partial charge in [0.2, 0.25) is 10.0 Å². The highest BCUT2D eigenvalue weighted by atomic mass is 32.2. The van der Waals surface area contributed by atoms with E-state index in [1.54, 1.807) is 42.5 Å². The summed E-state index contributed by atoms with van der Waals surface area (Å²) < 4.78 is 27.8. The first-order valence-corrected chi connectivity index (χ1v) is 9.48. The van der Waals surface area contributed by atoms with Crippen LogP contribution in [0.3, 0.4) is 0 Å². The molecule has 0 fully saturated rings. The van der Waals surface area contributed by atoms with Crippen LogP contribution in [0.15, 0.2) is 53.4 Å². The van der Waals surface area contributed by atoms with E-state index >= 15 is 0 Å². The van der Waals surface area contributed by atoms with E-state index in [-0.39, 0.29) is 10.9 Å². The minimum atomic E-state index is -3.64. The van der Waals surface area contributed by atoms with Gasteiger partial charge in [-0.2, -0.15) is 0 Å². The average Bonchev–Trinajstić information content (AvgIpc) is 2.61. The third-order valence-corrected chi connectivity index (χ3v) is 5.87. The number of aryl methyl sites for hydroxylation is 1. The van der Waals surface area contributed by atoms with Crippen LogP contribution < -0.4 is 4.72 Å². The summed E-state index contributed by atoms with van der Waals surface area (Å²) in [5.41, 5.74) is 2.00. The Kier molecular flexibility index (Phi) is 4.89. The van der Waals surface area contributed by atoms with E-state index in [0.717, 1.165) is 24.0 Å². The minimum absolute atomic E-state index is 0.208. The summed E-state index contributed by atoms with van der Waals surface area (Å²) in [6.07, 6.45) is 0.590. The average molecular weight is 361 g/mol. The first-order chi connectivity index (χ1) is 11.9. The highest BCUT2D eigenvalue weighted by Gasteiger charge is 2.27. The zero-order valence-corrected chi connectivity index (χ0v) is 14.2. The van der Waals surface area contributed by atoms with Crippen molar-refractivity contribution in [2.75, 3.05) is 0 Å². The smallest absolute Gasteiger partial charge is 0.337 e. The van der Waals surface area contributed by atoms with Crippen molar-refractivity contribution >= 4 is 16.0 Å². The third kappa shape index (κ3) is 3.73. The van der Waals surface area contributed by atoms with Crippen molar-refractivity contribution in [1.29, 1.82) is 0 Å².